The molecular weight excluding hydrogens is 351 g/mol. The van der Waals surface area contributed by atoms with Gasteiger partial charge in [-0.15, -0.1) is 0 Å². The summed E-state index contributed by atoms with van der Waals surface area (Å²) in [4.78, 5) is 25.8. The van der Waals surface area contributed by atoms with Crippen LogP contribution in [0.2, 0.25) is 0 Å². The Morgan fingerprint density at radius 2 is 2.00 bits per heavy atom. The van der Waals surface area contributed by atoms with E-state index in [9.17, 15) is 14.0 Å². The number of halogens is 1. The Balaban J connectivity index is 1.86. The normalized spacial score (nSPS) is 13.6. The number of hydrogen-bond acceptors (Lipinski definition) is 4. The van der Waals surface area contributed by atoms with Crippen molar-refractivity contribution in [2.75, 3.05) is 16.8 Å². The molecule has 0 unspecified atom stereocenters. The largest absolute Gasteiger partial charge is 0.482 e. The van der Waals surface area contributed by atoms with Gasteiger partial charge in [0.25, 0.3) is 5.91 Å². The highest BCUT2D eigenvalue weighted by Crippen LogP contribution is 2.35. The first-order valence-corrected chi connectivity index (χ1v) is 8.53. The van der Waals surface area contributed by atoms with Gasteiger partial charge in [0, 0.05) is 11.3 Å². The molecule has 7 heteroatoms. The number of amides is 2. The molecule has 0 saturated carbocycles. The molecule has 0 radical (unpaired) electrons. The average Bonchev–Trinajstić information content (AvgIpc) is 2.57. The van der Waals surface area contributed by atoms with Crippen LogP contribution in [-0.2, 0) is 16.1 Å². The third kappa shape index (κ3) is 4.55. The van der Waals surface area contributed by atoms with Gasteiger partial charge >= 0.3 is 6.09 Å². The van der Waals surface area contributed by atoms with Crippen LogP contribution in [0.5, 0.6) is 5.75 Å². The van der Waals surface area contributed by atoms with Crippen molar-refractivity contribution in [3.63, 3.8) is 0 Å². The zero-order valence-electron chi connectivity index (χ0n) is 15.4. The lowest BCUT2D eigenvalue weighted by Crippen LogP contribution is -2.38. The van der Waals surface area contributed by atoms with E-state index < -0.39 is 11.7 Å². The summed E-state index contributed by atoms with van der Waals surface area (Å²) in [6.45, 7) is 5.24. The molecule has 142 valence electrons. The Hall–Kier alpha value is -3.09. The molecule has 0 saturated heterocycles. The molecule has 0 aliphatic carbocycles. The highest BCUT2D eigenvalue weighted by molar-refractivity contribution is 5.99. The van der Waals surface area contributed by atoms with Crippen LogP contribution < -0.4 is 15.0 Å². The van der Waals surface area contributed by atoms with E-state index in [0.29, 0.717) is 22.7 Å². The number of rotatable bonds is 3. The van der Waals surface area contributed by atoms with Crippen molar-refractivity contribution in [1.82, 2.24) is 0 Å². The first kappa shape index (κ1) is 18.7. The van der Waals surface area contributed by atoms with Crippen molar-refractivity contribution in [2.24, 2.45) is 0 Å². The van der Waals surface area contributed by atoms with E-state index in [-0.39, 0.29) is 24.9 Å². The van der Waals surface area contributed by atoms with Gasteiger partial charge in [-0.25, -0.2) is 9.18 Å². The molecule has 3 rings (SSSR count). The average molecular weight is 372 g/mol. The molecule has 1 heterocycles. The molecule has 0 aromatic heterocycles. The quantitative estimate of drug-likeness (QED) is 0.881. The lowest BCUT2D eigenvalue weighted by atomic mass is 10.1. The van der Waals surface area contributed by atoms with Gasteiger partial charge in [0.2, 0.25) is 0 Å². The summed E-state index contributed by atoms with van der Waals surface area (Å²) in [5, 5.41) is 2.63. The van der Waals surface area contributed by atoms with Crippen molar-refractivity contribution < 1.29 is 23.5 Å². The predicted octanol–water partition coefficient (Wildman–Crippen LogP) is 4.10. The number of ether oxygens (including phenoxy) is 2. The Labute approximate surface area is 156 Å². The van der Waals surface area contributed by atoms with Gasteiger partial charge in [-0.05, 0) is 45.0 Å². The number of fused-ring (bicyclic) bond motifs is 1. The molecule has 2 aromatic rings. The highest BCUT2D eigenvalue weighted by Gasteiger charge is 2.27. The minimum atomic E-state index is -0.631. The number of anilines is 2. The second-order valence-electron chi connectivity index (χ2n) is 7.17. The SMILES string of the molecule is CC(C)(C)OC(=O)Nc1ccc2c(c1)N(Cc1ccccc1F)C(=O)CO2. The summed E-state index contributed by atoms with van der Waals surface area (Å²) in [5.74, 6) is -0.192. The molecule has 6 nitrogen and oxygen atoms in total. The Morgan fingerprint density at radius 1 is 1.26 bits per heavy atom. The third-order valence-electron chi connectivity index (χ3n) is 3.83. The Morgan fingerprint density at radius 3 is 2.70 bits per heavy atom. The molecule has 1 aliphatic rings. The number of nitrogens with zero attached hydrogens (tertiary/aromatic N) is 1. The second-order valence-corrected chi connectivity index (χ2v) is 7.17. The standard InChI is InChI=1S/C20H21FN2O4/c1-20(2,3)27-19(25)22-14-8-9-17-16(10-14)23(18(24)12-26-17)11-13-6-4-5-7-15(13)21/h4-10H,11-12H2,1-3H3,(H,22,25). The molecule has 0 fully saturated rings. The topological polar surface area (TPSA) is 67.9 Å². The summed E-state index contributed by atoms with van der Waals surface area (Å²) < 4.78 is 24.7. The molecule has 0 atom stereocenters. The van der Waals surface area contributed by atoms with Crippen LogP contribution in [-0.4, -0.2) is 24.2 Å². The van der Waals surface area contributed by atoms with Crippen LogP contribution in [0, 0.1) is 5.82 Å². The van der Waals surface area contributed by atoms with Gasteiger partial charge in [0.15, 0.2) is 6.61 Å². The van der Waals surface area contributed by atoms with E-state index in [1.54, 1.807) is 57.2 Å². The van der Waals surface area contributed by atoms with Crippen LogP contribution in [0.1, 0.15) is 26.3 Å². The van der Waals surface area contributed by atoms with E-state index in [2.05, 4.69) is 5.32 Å². The van der Waals surface area contributed by atoms with Crippen LogP contribution in [0.3, 0.4) is 0 Å². The molecule has 0 bridgehead atoms. The molecular formula is C20H21FN2O4. The molecule has 27 heavy (non-hydrogen) atoms. The van der Waals surface area contributed by atoms with Gasteiger partial charge in [0.05, 0.1) is 12.2 Å². The number of carbonyl (C=O) groups is 2. The molecule has 0 spiro atoms. The predicted molar refractivity (Wildman–Crippen MR) is 99.4 cm³/mol. The fourth-order valence-corrected chi connectivity index (χ4v) is 2.67. The van der Waals surface area contributed by atoms with Crippen LogP contribution >= 0.6 is 0 Å². The van der Waals surface area contributed by atoms with Crippen LogP contribution in [0.25, 0.3) is 0 Å². The summed E-state index contributed by atoms with van der Waals surface area (Å²) in [5.41, 5.74) is 0.668. The minimum Gasteiger partial charge on any atom is -0.482 e. The van der Waals surface area contributed by atoms with E-state index in [1.807, 2.05) is 0 Å². The lowest BCUT2D eigenvalue weighted by molar-refractivity contribution is -0.121. The van der Waals surface area contributed by atoms with Crippen LogP contribution in [0.4, 0.5) is 20.6 Å². The van der Waals surface area contributed by atoms with Gasteiger partial charge in [-0.2, -0.15) is 0 Å². The first-order valence-electron chi connectivity index (χ1n) is 8.53. The number of nitrogens with one attached hydrogen (secondary N) is 1. The van der Waals surface area contributed by atoms with Crippen molar-refractivity contribution >= 4 is 23.4 Å². The third-order valence-corrected chi connectivity index (χ3v) is 3.83. The summed E-state index contributed by atoms with van der Waals surface area (Å²) >= 11 is 0. The van der Waals surface area contributed by atoms with E-state index >= 15 is 0 Å². The maximum atomic E-state index is 14.0. The maximum Gasteiger partial charge on any atom is 0.412 e. The Kier molecular flexibility index (Phi) is 5.03. The van der Waals surface area contributed by atoms with Gasteiger partial charge < -0.3 is 14.4 Å². The second kappa shape index (κ2) is 7.26. The van der Waals surface area contributed by atoms with Crippen molar-refractivity contribution in [1.29, 1.82) is 0 Å². The fraction of sp³-hybridized carbons (Fsp3) is 0.300. The summed E-state index contributed by atoms with van der Waals surface area (Å²) in [6, 6.07) is 11.2. The minimum absolute atomic E-state index is 0.0672. The fourth-order valence-electron chi connectivity index (χ4n) is 2.67. The highest BCUT2D eigenvalue weighted by atomic mass is 19.1. The molecule has 2 amide bonds. The lowest BCUT2D eigenvalue weighted by Gasteiger charge is -2.30. The van der Waals surface area contributed by atoms with E-state index in [1.165, 1.54) is 11.0 Å². The molecule has 1 N–H and O–H groups in total. The van der Waals surface area contributed by atoms with Gasteiger partial charge in [0.1, 0.15) is 17.2 Å². The van der Waals surface area contributed by atoms with Crippen LogP contribution in [0.15, 0.2) is 42.5 Å². The van der Waals surface area contributed by atoms with E-state index in [4.69, 9.17) is 9.47 Å². The number of benzene rings is 2. The zero-order valence-corrected chi connectivity index (χ0v) is 15.4. The smallest absolute Gasteiger partial charge is 0.412 e. The van der Waals surface area contributed by atoms with E-state index in [0.717, 1.165) is 0 Å². The Bertz CT molecular complexity index is 877. The maximum absolute atomic E-state index is 14.0. The number of hydrogen-bond donors (Lipinski definition) is 1. The first-order chi connectivity index (χ1) is 12.7. The molecule has 1 aliphatic heterocycles. The monoisotopic (exact) mass is 372 g/mol. The van der Waals surface area contributed by atoms with Gasteiger partial charge in [-0.1, -0.05) is 18.2 Å². The van der Waals surface area contributed by atoms with Crippen molar-refractivity contribution in [3.8, 4) is 5.75 Å². The zero-order chi connectivity index (χ0) is 19.6. The van der Waals surface area contributed by atoms with Gasteiger partial charge in [-0.3, -0.25) is 10.1 Å². The van der Waals surface area contributed by atoms with Crippen molar-refractivity contribution in [2.45, 2.75) is 32.9 Å². The molecule has 2 aromatic carbocycles. The number of carbonyl (C=O) groups excluding carboxylic acids is 2. The summed E-state index contributed by atoms with van der Waals surface area (Å²) in [7, 11) is 0. The summed E-state index contributed by atoms with van der Waals surface area (Å²) in [6.07, 6.45) is -0.605. The van der Waals surface area contributed by atoms with Crippen molar-refractivity contribution in [3.05, 3.63) is 53.8 Å².